The molecule has 1 N–H and O–H groups in total. The van der Waals surface area contributed by atoms with Gasteiger partial charge in [-0.05, 0) is 65.3 Å². The van der Waals surface area contributed by atoms with Crippen LogP contribution in [0.2, 0.25) is 0 Å². The molecule has 0 radical (unpaired) electrons. The van der Waals surface area contributed by atoms with E-state index in [9.17, 15) is 4.79 Å². The largest absolute Gasteiger partial charge is 0.444 e. The van der Waals surface area contributed by atoms with Gasteiger partial charge in [0.05, 0.1) is 6.17 Å². The molecule has 27 heavy (non-hydrogen) atoms. The molecule has 6 nitrogen and oxygen atoms in total. The Morgan fingerprint density at radius 3 is 2.59 bits per heavy atom. The lowest BCUT2D eigenvalue weighted by atomic mass is 10.2. The van der Waals surface area contributed by atoms with Crippen molar-refractivity contribution in [2.45, 2.75) is 52.3 Å². The number of piperazine rings is 1. The van der Waals surface area contributed by atoms with Crippen molar-refractivity contribution >= 4 is 17.5 Å². The van der Waals surface area contributed by atoms with Crippen LogP contribution in [-0.4, -0.2) is 62.0 Å². The number of ether oxygens (including phenoxy) is 1. The summed E-state index contributed by atoms with van der Waals surface area (Å²) >= 11 is 0. The van der Waals surface area contributed by atoms with Crippen molar-refractivity contribution < 1.29 is 9.53 Å². The van der Waals surface area contributed by atoms with E-state index >= 15 is 0 Å². The van der Waals surface area contributed by atoms with Gasteiger partial charge in [-0.1, -0.05) is 6.07 Å². The Morgan fingerprint density at radius 1 is 1.26 bits per heavy atom. The second kappa shape index (κ2) is 8.38. The zero-order chi connectivity index (χ0) is 19.4. The maximum atomic E-state index is 12.3. The van der Waals surface area contributed by atoms with Gasteiger partial charge in [0.25, 0.3) is 0 Å². The van der Waals surface area contributed by atoms with Gasteiger partial charge in [-0.15, -0.1) is 0 Å². The second-order valence-corrected chi connectivity index (χ2v) is 8.37. The molecule has 0 aromatic heterocycles. The van der Waals surface area contributed by atoms with Crippen molar-refractivity contribution in [2.24, 2.45) is 0 Å². The molecule has 2 saturated heterocycles. The minimum Gasteiger partial charge on any atom is -0.444 e. The summed E-state index contributed by atoms with van der Waals surface area (Å²) in [6.45, 7) is 13.1. The highest BCUT2D eigenvalue weighted by atomic mass is 16.6. The summed E-state index contributed by atoms with van der Waals surface area (Å²) in [5.74, 6) is 0. The maximum absolute atomic E-state index is 12.3. The number of anilines is 2. The SMILES string of the molecule is CCN(c1cccc(N2CCN(C(=O)OC(C)(C)C)CC2)c1)C1CCCN1. The molecule has 1 aromatic carbocycles. The van der Waals surface area contributed by atoms with E-state index < -0.39 is 5.60 Å². The molecule has 0 aliphatic carbocycles. The lowest BCUT2D eigenvalue weighted by Gasteiger charge is -2.37. The van der Waals surface area contributed by atoms with Gasteiger partial charge in [0.2, 0.25) is 0 Å². The highest BCUT2D eigenvalue weighted by molar-refractivity contribution is 5.69. The predicted molar refractivity (Wildman–Crippen MR) is 111 cm³/mol. The van der Waals surface area contributed by atoms with Crippen LogP contribution in [0.5, 0.6) is 0 Å². The minimum atomic E-state index is -0.444. The van der Waals surface area contributed by atoms with Crippen molar-refractivity contribution in [3.8, 4) is 0 Å². The summed E-state index contributed by atoms with van der Waals surface area (Å²) in [5.41, 5.74) is 2.05. The van der Waals surface area contributed by atoms with Gasteiger partial charge in [-0.3, -0.25) is 5.32 Å². The predicted octanol–water partition coefficient (Wildman–Crippen LogP) is 3.28. The van der Waals surface area contributed by atoms with Gasteiger partial charge in [0.15, 0.2) is 0 Å². The summed E-state index contributed by atoms with van der Waals surface area (Å²) in [5, 5.41) is 3.60. The van der Waals surface area contributed by atoms with E-state index in [4.69, 9.17) is 4.74 Å². The van der Waals surface area contributed by atoms with Crippen LogP contribution in [0.4, 0.5) is 16.2 Å². The minimum absolute atomic E-state index is 0.208. The number of carbonyl (C=O) groups is 1. The number of amides is 1. The average Bonchev–Trinajstić information content (AvgIpc) is 3.16. The number of hydrogen-bond donors (Lipinski definition) is 1. The summed E-state index contributed by atoms with van der Waals surface area (Å²) in [7, 11) is 0. The molecule has 1 aromatic rings. The van der Waals surface area contributed by atoms with Gasteiger partial charge < -0.3 is 19.4 Å². The molecule has 2 fully saturated rings. The van der Waals surface area contributed by atoms with Crippen LogP contribution in [0.25, 0.3) is 0 Å². The first-order chi connectivity index (χ1) is 12.9. The first kappa shape index (κ1) is 19.8. The smallest absolute Gasteiger partial charge is 0.410 e. The van der Waals surface area contributed by atoms with Crippen LogP contribution < -0.4 is 15.1 Å². The third-order valence-corrected chi connectivity index (χ3v) is 5.21. The van der Waals surface area contributed by atoms with E-state index in [1.165, 1.54) is 24.2 Å². The number of rotatable bonds is 4. The zero-order valence-corrected chi connectivity index (χ0v) is 17.2. The van der Waals surface area contributed by atoms with Gasteiger partial charge >= 0.3 is 6.09 Å². The van der Waals surface area contributed by atoms with E-state index in [2.05, 4.69) is 46.3 Å². The number of nitrogens with zero attached hydrogens (tertiary/aromatic N) is 3. The molecular formula is C21H34N4O2. The van der Waals surface area contributed by atoms with Gasteiger partial charge in [-0.25, -0.2) is 4.79 Å². The normalized spacial score (nSPS) is 20.7. The molecule has 3 rings (SSSR count). The molecule has 1 atom stereocenters. The second-order valence-electron chi connectivity index (χ2n) is 8.37. The molecule has 6 heteroatoms. The van der Waals surface area contributed by atoms with Crippen molar-refractivity contribution in [3.05, 3.63) is 24.3 Å². The van der Waals surface area contributed by atoms with Crippen LogP contribution in [-0.2, 0) is 4.74 Å². The molecule has 1 unspecified atom stereocenters. The fourth-order valence-electron chi connectivity index (χ4n) is 3.86. The topological polar surface area (TPSA) is 48.0 Å². The Morgan fingerprint density at radius 2 is 2.00 bits per heavy atom. The van der Waals surface area contributed by atoms with Crippen LogP contribution in [0.3, 0.4) is 0 Å². The summed E-state index contributed by atoms with van der Waals surface area (Å²) in [6.07, 6.45) is 2.68. The van der Waals surface area contributed by atoms with Gasteiger partial charge in [0.1, 0.15) is 5.60 Å². The molecule has 0 spiro atoms. The first-order valence-electron chi connectivity index (χ1n) is 10.2. The third-order valence-electron chi connectivity index (χ3n) is 5.21. The highest BCUT2D eigenvalue weighted by Crippen LogP contribution is 2.26. The molecule has 1 amide bonds. The Bertz CT molecular complexity index is 629. The zero-order valence-electron chi connectivity index (χ0n) is 17.2. The van der Waals surface area contributed by atoms with Crippen molar-refractivity contribution in [1.29, 1.82) is 0 Å². The maximum Gasteiger partial charge on any atom is 0.410 e. The Labute approximate surface area is 163 Å². The first-order valence-corrected chi connectivity index (χ1v) is 10.2. The van der Waals surface area contributed by atoms with E-state index in [-0.39, 0.29) is 6.09 Å². The van der Waals surface area contributed by atoms with Crippen LogP contribution >= 0.6 is 0 Å². The number of benzene rings is 1. The number of nitrogens with one attached hydrogen (secondary N) is 1. The highest BCUT2D eigenvalue weighted by Gasteiger charge is 2.26. The van der Waals surface area contributed by atoms with E-state index in [0.717, 1.165) is 26.2 Å². The third kappa shape index (κ3) is 5.06. The fourth-order valence-corrected chi connectivity index (χ4v) is 3.86. The average molecular weight is 375 g/mol. The van der Waals surface area contributed by atoms with Crippen LogP contribution in [0, 0.1) is 0 Å². The molecular weight excluding hydrogens is 340 g/mol. The monoisotopic (exact) mass is 374 g/mol. The lowest BCUT2D eigenvalue weighted by Crippen LogP contribution is -2.50. The van der Waals surface area contributed by atoms with Crippen molar-refractivity contribution in [3.63, 3.8) is 0 Å². The lowest BCUT2D eigenvalue weighted by molar-refractivity contribution is 0.0240. The van der Waals surface area contributed by atoms with Gasteiger partial charge in [-0.2, -0.15) is 0 Å². The molecule has 2 aliphatic rings. The summed E-state index contributed by atoms with van der Waals surface area (Å²) in [6, 6.07) is 8.79. The summed E-state index contributed by atoms with van der Waals surface area (Å²) in [4.78, 5) is 18.9. The Balaban J connectivity index is 1.62. The van der Waals surface area contributed by atoms with Crippen LogP contribution in [0.15, 0.2) is 24.3 Å². The number of hydrogen-bond acceptors (Lipinski definition) is 5. The number of carbonyl (C=O) groups excluding carboxylic acids is 1. The van der Waals surface area contributed by atoms with Crippen molar-refractivity contribution in [1.82, 2.24) is 10.2 Å². The molecule has 0 saturated carbocycles. The quantitative estimate of drug-likeness (QED) is 0.876. The van der Waals surface area contributed by atoms with Crippen LogP contribution in [0.1, 0.15) is 40.5 Å². The molecule has 2 aliphatic heterocycles. The molecule has 150 valence electrons. The Hall–Kier alpha value is -1.95. The summed E-state index contributed by atoms with van der Waals surface area (Å²) < 4.78 is 5.50. The molecule has 0 bridgehead atoms. The van der Waals surface area contributed by atoms with E-state index in [1.54, 1.807) is 0 Å². The fraction of sp³-hybridized carbons (Fsp3) is 0.667. The standard InChI is InChI=1S/C21H34N4O2/c1-5-25(19-10-7-11-22-19)18-9-6-8-17(16-18)23-12-14-24(15-13-23)20(26)27-21(2,3)4/h6,8-9,16,19,22H,5,7,10-15H2,1-4H3. The van der Waals surface area contributed by atoms with Crippen molar-refractivity contribution in [2.75, 3.05) is 49.1 Å². The molecule has 2 heterocycles. The Kier molecular flexibility index (Phi) is 6.15. The van der Waals surface area contributed by atoms with Gasteiger partial charge in [0, 0.05) is 44.1 Å². The van der Waals surface area contributed by atoms with E-state index in [0.29, 0.717) is 19.3 Å². The van der Waals surface area contributed by atoms with E-state index in [1.807, 2.05) is 25.7 Å².